The number of hydrogen-bond acceptors (Lipinski definition) is 2. The number of hydrogen-bond donors (Lipinski definition) is 1. The molecule has 1 heterocycles. The van der Waals surface area contributed by atoms with Gasteiger partial charge >= 0.3 is 5.97 Å². The van der Waals surface area contributed by atoms with Crippen LogP contribution >= 0.6 is 0 Å². The zero-order chi connectivity index (χ0) is 14.1. The molecule has 1 N–H and O–H groups in total. The van der Waals surface area contributed by atoms with Crippen molar-refractivity contribution in [1.82, 2.24) is 4.90 Å². The van der Waals surface area contributed by atoms with Gasteiger partial charge in [0.1, 0.15) is 0 Å². The van der Waals surface area contributed by atoms with E-state index in [4.69, 9.17) is 5.11 Å². The first kappa shape index (κ1) is 14.8. The highest BCUT2D eigenvalue weighted by atomic mass is 16.4. The minimum Gasteiger partial charge on any atom is -0.481 e. The maximum absolute atomic E-state index is 10.9. The third kappa shape index (κ3) is 4.20. The Kier molecular flexibility index (Phi) is 4.24. The molecule has 0 spiro atoms. The van der Waals surface area contributed by atoms with Gasteiger partial charge in [-0.1, -0.05) is 20.8 Å². The van der Waals surface area contributed by atoms with Gasteiger partial charge in [-0.2, -0.15) is 0 Å². The van der Waals surface area contributed by atoms with Gasteiger partial charge in [-0.05, 0) is 61.9 Å². The van der Waals surface area contributed by atoms with Crippen molar-refractivity contribution in [3.05, 3.63) is 0 Å². The smallest absolute Gasteiger partial charge is 0.303 e. The van der Waals surface area contributed by atoms with Crippen molar-refractivity contribution in [3.63, 3.8) is 0 Å². The maximum atomic E-state index is 10.9. The van der Waals surface area contributed by atoms with Gasteiger partial charge < -0.3 is 10.0 Å². The van der Waals surface area contributed by atoms with E-state index in [1.54, 1.807) is 0 Å². The molecule has 0 aromatic rings. The van der Waals surface area contributed by atoms with Crippen molar-refractivity contribution in [2.24, 2.45) is 16.7 Å². The monoisotopic (exact) mass is 267 g/mol. The average Bonchev–Trinajstić information content (AvgIpc) is 3.01. The van der Waals surface area contributed by atoms with Crippen LogP contribution in [0.1, 0.15) is 59.3 Å². The Morgan fingerprint density at radius 3 is 2.47 bits per heavy atom. The summed E-state index contributed by atoms with van der Waals surface area (Å²) in [6.07, 6.45) is 6.45. The summed E-state index contributed by atoms with van der Waals surface area (Å²) in [4.78, 5) is 13.5. The lowest BCUT2D eigenvalue weighted by Gasteiger charge is -2.30. The predicted molar refractivity (Wildman–Crippen MR) is 77.2 cm³/mol. The van der Waals surface area contributed by atoms with Gasteiger partial charge in [-0.25, -0.2) is 0 Å². The molecular formula is C16H29NO2. The van der Waals surface area contributed by atoms with Crippen molar-refractivity contribution < 1.29 is 9.90 Å². The maximum Gasteiger partial charge on any atom is 0.303 e. The fourth-order valence-corrected chi connectivity index (χ4v) is 3.54. The van der Waals surface area contributed by atoms with Gasteiger partial charge in [0.25, 0.3) is 0 Å². The second-order valence-electron chi connectivity index (χ2n) is 7.84. The summed E-state index contributed by atoms with van der Waals surface area (Å²) in [7, 11) is 0. The van der Waals surface area contributed by atoms with Gasteiger partial charge in [-0.15, -0.1) is 0 Å². The van der Waals surface area contributed by atoms with Gasteiger partial charge in [0.15, 0.2) is 0 Å². The van der Waals surface area contributed by atoms with Crippen LogP contribution in [0, 0.1) is 16.7 Å². The summed E-state index contributed by atoms with van der Waals surface area (Å²) in [6, 6.07) is 0. The topological polar surface area (TPSA) is 40.5 Å². The number of carbonyl (C=O) groups is 1. The molecule has 2 fully saturated rings. The lowest BCUT2D eigenvalue weighted by Crippen LogP contribution is -2.33. The number of likely N-dealkylation sites (tertiary alicyclic amines) is 1. The van der Waals surface area contributed by atoms with E-state index < -0.39 is 5.97 Å². The van der Waals surface area contributed by atoms with Crippen LogP contribution in [-0.4, -0.2) is 35.6 Å². The lowest BCUT2D eigenvalue weighted by atomic mass is 9.77. The van der Waals surface area contributed by atoms with Crippen LogP contribution in [0.3, 0.4) is 0 Å². The van der Waals surface area contributed by atoms with Crippen molar-refractivity contribution in [3.8, 4) is 0 Å². The van der Waals surface area contributed by atoms with Crippen LogP contribution in [0.4, 0.5) is 0 Å². The third-order valence-corrected chi connectivity index (χ3v) is 5.09. The van der Waals surface area contributed by atoms with E-state index >= 15 is 0 Å². The number of rotatable bonds is 4. The molecule has 3 nitrogen and oxygen atoms in total. The molecule has 0 aromatic heterocycles. The Labute approximate surface area is 117 Å². The van der Waals surface area contributed by atoms with Crippen LogP contribution in [0.2, 0.25) is 0 Å². The average molecular weight is 267 g/mol. The zero-order valence-electron chi connectivity index (χ0n) is 12.7. The molecule has 1 atom stereocenters. The Morgan fingerprint density at radius 1 is 1.26 bits per heavy atom. The third-order valence-electron chi connectivity index (χ3n) is 5.09. The summed E-state index contributed by atoms with van der Waals surface area (Å²) in [6.45, 7) is 10.4. The van der Waals surface area contributed by atoms with Gasteiger partial charge in [0, 0.05) is 6.54 Å². The summed E-state index contributed by atoms with van der Waals surface area (Å²) >= 11 is 0. The van der Waals surface area contributed by atoms with E-state index in [2.05, 4.69) is 25.7 Å². The molecule has 0 bridgehead atoms. The first-order valence-corrected chi connectivity index (χ1v) is 7.75. The van der Waals surface area contributed by atoms with E-state index in [9.17, 15) is 4.79 Å². The number of nitrogens with zero attached hydrogens (tertiary/aromatic N) is 1. The molecule has 3 heteroatoms. The van der Waals surface area contributed by atoms with Crippen LogP contribution < -0.4 is 0 Å². The summed E-state index contributed by atoms with van der Waals surface area (Å²) in [5.41, 5.74) is 0.530. The summed E-state index contributed by atoms with van der Waals surface area (Å²) in [5.74, 6) is 0.187. The molecule has 0 aromatic carbocycles. The van der Waals surface area contributed by atoms with Gasteiger partial charge in [0.2, 0.25) is 0 Å². The first-order valence-electron chi connectivity index (χ1n) is 7.75. The second-order valence-corrected chi connectivity index (χ2v) is 7.84. The highest BCUT2D eigenvalue weighted by molar-refractivity contribution is 5.68. The van der Waals surface area contributed by atoms with E-state index in [0.717, 1.165) is 38.4 Å². The highest BCUT2D eigenvalue weighted by Gasteiger charge is 2.45. The molecule has 1 saturated carbocycles. The summed E-state index contributed by atoms with van der Waals surface area (Å²) in [5, 5.41) is 9.00. The predicted octanol–water partition coefficient (Wildman–Crippen LogP) is 3.39. The molecule has 1 aliphatic heterocycles. The quantitative estimate of drug-likeness (QED) is 0.849. The van der Waals surface area contributed by atoms with E-state index in [0.29, 0.717) is 11.8 Å². The molecular weight excluding hydrogens is 238 g/mol. The molecule has 1 saturated heterocycles. The number of carboxylic acid groups (broad SMARTS) is 1. The largest absolute Gasteiger partial charge is 0.481 e. The Bertz CT molecular complexity index is 328. The minimum absolute atomic E-state index is 0.118. The normalized spacial score (nSPS) is 27.8. The van der Waals surface area contributed by atoms with Crippen LogP contribution in [-0.2, 0) is 4.79 Å². The Balaban J connectivity index is 1.85. The molecule has 0 radical (unpaired) electrons. The van der Waals surface area contributed by atoms with E-state index in [1.807, 2.05) is 0 Å². The molecule has 1 unspecified atom stereocenters. The van der Waals surface area contributed by atoms with Crippen molar-refractivity contribution in [2.75, 3.05) is 19.6 Å². The zero-order valence-corrected chi connectivity index (χ0v) is 12.7. The molecule has 19 heavy (non-hydrogen) atoms. The second kappa shape index (κ2) is 5.43. The molecule has 2 rings (SSSR count). The lowest BCUT2D eigenvalue weighted by molar-refractivity contribution is -0.138. The highest BCUT2D eigenvalue weighted by Crippen LogP contribution is 2.49. The Hall–Kier alpha value is -0.570. The molecule has 1 aliphatic carbocycles. The van der Waals surface area contributed by atoms with Crippen molar-refractivity contribution >= 4 is 5.97 Å². The minimum atomic E-state index is -0.625. The van der Waals surface area contributed by atoms with Crippen molar-refractivity contribution in [2.45, 2.75) is 59.3 Å². The standard InChI is InChI=1S/C16H29NO2/c1-15(2,3)13-5-4-9-17(10-6-13)12-16(7-8-16)11-14(18)19/h13H,4-12H2,1-3H3,(H,18,19). The van der Waals surface area contributed by atoms with Gasteiger partial charge in [0.05, 0.1) is 6.42 Å². The number of carboxylic acids is 1. The van der Waals surface area contributed by atoms with E-state index in [1.165, 1.54) is 19.3 Å². The molecule has 110 valence electrons. The van der Waals surface area contributed by atoms with Crippen molar-refractivity contribution in [1.29, 1.82) is 0 Å². The number of aliphatic carboxylic acids is 1. The van der Waals surface area contributed by atoms with Gasteiger partial charge in [-0.3, -0.25) is 4.79 Å². The molecule has 2 aliphatic rings. The fraction of sp³-hybridized carbons (Fsp3) is 0.938. The fourth-order valence-electron chi connectivity index (χ4n) is 3.54. The SMILES string of the molecule is CC(C)(C)C1CCCN(CC2(CC(=O)O)CC2)CC1. The Morgan fingerprint density at radius 2 is 1.95 bits per heavy atom. The van der Waals surface area contributed by atoms with Crippen LogP contribution in [0.15, 0.2) is 0 Å². The summed E-state index contributed by atoms with van der Waals surface area (Å²) < 4.78 is 0. The first-order chi connectivity index (χ1) is 8.81. The van der Waals surface area contributed by atoms with Crippen LogP contribution in [0.5, 0.6) is 0 Å². The molecule has 0 amide bonds. The van der Waals surface area contributed by atoms with Crippen LogP contribution in [0.25, 0.3) is 0 Å². The van der Waals surface area contributed by atoms with E-state index in [-0.39, 0.29) is 5.41 Å².